The second kappa shape index (κ2) is 6.30. The Balaban J connectivity index is 1.47. The molecule has 0 N–H and O–H groups in total. The van der Waals surface area contributed by atoms with E-state index in [-0.39, 0.29) is 24.4 Å². The second-order valence-corrected chi connectivity index (χ2v) is 7.70. The highest BCUT2D eigenvalue weighted by Gasteiger charge is 2.59. The van der Waals surface area contributed by atoms with Crippen molar-refractivity contribution in [2.75, 3.05) is 6.61 Å². The zero-order chi connectivity index (χ0) is 17.7. The van der Waals surface area contributed by atoms with E-state index >= 15 is 0 Å². The quantitative estimate of drug-likeness (QED) is 0.832. The first-order valence-electron chi connectivity index (χ1n) is 8.81. The van der Waals surface area contributed by atoms with Crippen LogP contribution in [0.4, 0.5) is 0 Å². The average Bonchev–Trinajstić information content (AvgIpc) is 3.17. The van der Waals surface area contributed by atoms with Crippen LogP contribution >= 0.6 is 0 Å². The highest BCUT2D eigenvalue weighted by atomic mass is 16.8. The SMILES string of the molecule is CC1(C)O[C@@H]2[C@@H](O1)[C@@H](OCc1ccccc1)O[C@@H]2[C@H]1COC(C)(C)O1. The fourth-order valence-corrected chi connectivity index (χ4v) is 3.65. The fourth-order valence-electron chi connectivity index (χ4n) is 3.65. The molecule has 0 unspecified atom stereocenters. The van der Waals surface area contributed by atoms with Crippen LogP contribution in [0.5, 0.6) is 0 Å². The summed E-state index contributed by atoms with van der Waals surface area (Å²) in [5, 5.41) is 0. The third kappa shape index (κ3) is 3.60. The maximum atomic E-state index is 6.14. The molecular formula is C19H26O6. The molecule has 3 aliphatic heterocycles. The van der Waals surface area contributed by atoms with Gasteiger partial charge in [0.1, 0.15) is 24.4 Å². The maximum absolute atomic E-state index is 6.14. The predicted molar refractivity (Wildman–Crippen MR) is 88.6 cm³/mol. The smallest absolute Gasteiger partial charge is 0.187 e. The summed E-state index contributed by atoms with van der Waals surface area (Å²) in [5.41, 5.74) is 1.09. The summed E-state index contributed by atoms with van der Waals surface area (Å²) in [6.45, 7) is 8.55. The molecular weight excluding hydrogens is 324 g/mol. The summed E-state index contributed by atoms with van der Waals surface area (Å²) in [6.07, 6.45) is -1.50. The third-order valence-corrected chi connectivity index (χ3v) is 4.70. The van der Waals surface area contributed by atoms with Crippen LogP contribution in [0, 0.1) is 0 Å². The third-order valence-electron chi connectivity index (χ3n) is 4.70. The van der Waals surface area contributed by atoms with Crippen molar-refractivity contribution < 1.29 is 28.4 Å². The summed E-state index contributed by atoms with van der Waals surface area (Å²) in [6, 6.07) is 10.0. The minimum absolute atomic E-state index is 0.203. The Morgan fingerprint density at radius 2 is 1.64 bits per heavy atom. The van der Waals surface area contributed by atoms with Gasteiger partial charge < -0.3 is 28.4 Å². The standard InChI is InChI=1S/C19H26O6/c1-18(2)21-11-13(23-18)14-15-16(25-19(3,4)24-15)17(22-14)20-10-12-8-6-5-7-9-12/h5-9,13-17H,10-11H2,1-4H3/t13-,14-,15+,16-,17+/m1/s1. The van der Waals surface area contributed by atoms with E-state index < -0.39 is 17.9 Å². The lowest BCUT2D eigenvalue weighted by Gasteiger charge is -2.27. The molecule has 0 radical (unpaired) electrons. The second-order valence-electron chi connectivity index (χ2n) is 7.70. The molecule has 4 rings (SSSR count). The Labute approximate surface area is 148 Å². The van der Waals surface area contributed by atoms with Crippen molar-refractivity contribution in [2.45, 2.75) is 76.6 Å². The summed E-state index contributed by atoms with van der Waals surface area (Å²) < 4.78 is 36.0. The van der Waals surface area contributed by atoms with Gasteiger partial charge in [0, 0.05) is 0 Å². The molecule has 0 aliphatic carbocycles. The highest BCUT2D eigenvalue weighted by Crippen LogP contribution is 2.42. The van der Waals surface area contributed by atoms with Crippen LogP contribution < -0.4 is 0 Å². The van der Waals surface area contributed by atoms with Crippen LogP contribution in [0.3, 0.4) is 0 Å². The molecule has 138 valence electrons. The fraction of sp³-hybridized carbons (Fsp3) is 0.684. The minimum atomic E-state index is -0.666. The van der Waals surface area contributed by atoms with Gasteiger partial charge in [0.15, 0.2) is 17.9 Å². The Bertz CT molecular complexity index is 601. The van der Waals surface area contributed by atoms with Gasteiger partial charge in [-0.3, -0.25) is 0 Å². The molecule has 3 heterocycles. The van der Waals surface area contributed by atoms with E-state index in [1.807, 2.05) is 58.0 Å². The van der Waals surface area contributed by atoms with Crippen molar-refractivity contribution >= 4 is 0 Å². The van der Waals surface area contributed by atoms with Gasteiger partial charge in [-0.1, -0.05) is 30.3 Å². The molecule has 25 heavy (non-hydrogen) atoms. The monoisotopic (exact) mass is 350 g/mol. The molecule has 0 aromatic heterocycles. The summed E-state index contributed by atoms with van der Waals surface area (Å²) in [7, 11) is 0. The first kappa shape index (κ1) is 17.4. The Morgan fingerprint density at radius 1 is 0.920 bits per heavy atom. The summed E-state index contributed by atoms with van der Waals surface area (Å²) in [5.74, 6) is -1.28. The normalized spacial score (nSPS) is 38.8. The molecule has 6 nitrogen and oxygen atoms in total. The topological polar surface area (TPSA) is 55.4 Å². The maximum Gasteiger partial charge on any atom is 0.187 e. The first-order chi connectivity index (χ1) is 11.8. The van der Waals surface area contributed by atoms with Crippen LogP contribution in [0.1, 0.15) is 33.3 Å². The Hall–Kier alpha value is -1.02. The number of hydrogen-bond donors (Lipinski definition) is 0. The number of benzene rings is 1. The first-order valence-corrected chi connectivity index (χ1v) is 8.81. The number of hydrogen-bond acceptors (Lipinski definition) is 6. The van der Waals surface area contributed by atoms with E-state index in [1.54, 1.807) is 0 Å². The summed E-state index contributed by atoms with van der Waals surface area (Å²) >= 11 is 0. The molecule has 3 fully saturated rings. The van der Waals surface area contributed by atoms with Gasteiger partial charge in [0.25, 0.3) is 0 Å². The number of rotatable bonds is 4. The van der Waals surface area contributed by atoms with Gasteiger partial charge in [-0.25, -0.2) is 0 Å². The molecule has 3 aliphatic rings. The lowest BCUT2D eigenvalue weighted by atomic mass is 10.1. The van der Waals surface area contributed by atoms with Gasteiger partial charge >= 0.3 is 0 Å². The lowest BCUT2D eigenvalue weighted by molar-refractivity contribution is -0.250. The van der Waals surface area contributed by atoms with E-state index in [2.05, 4.69) is 0 Å². The van der Waals surface area contributed by atoms with Crippen molar-refractivity contribution in [1.29, 1.82) is 0 Å². The number of fused-ring (bicyclic) bond motifs is 1. The Morgan fingerprint density at radius 3 is 2.32 bits per heavy atom. The molecule has 1 aromatic rings. The zero-order valence-corrected chi connectivity index (χ0v) is 15.1. The van der Waals surface area contributed by atoms with E-state index in [0.29, 0.717) is 13.2 Å². The van der Waals surface area contributed by atoms with Crippen molar-refractivity contribution in [1.82, 2.24) is 0 Å². The van der Waals surface area contributed by atoms with Crippen molar-refractivity contribution in [3.63, 3.8) is 0 Å². The Kier molecular flexibility index (Phi) is 4.38. The van der Waals surface area contributed by atoms with E-state index in [4.69, 9.17) is 28.4 Å². The van der Waals surface area contributed by atoms with Crippen LogP contribution in [0.15, 0.2) is 30.3 Å². The van der Waals surface area contributed by atoms with Gasteiger partial charge in [-0.2, -0.15) is 0 Å². The van der Waals surface area contributed by atoms with Crippen molar-refractivity contribution in [3.05, 3.63) is 35.9 Å². The van der Waals surface area contributed by atoms with Crippen molar-refractivity contribution in [2.24, 2.45) is 0 Å². The minimum Gasteiger partial charge on any atom is -0.348 e. The molecule has 1 aromatic carbocycles. The average molecular weight is 350 g/mol. The van der Waals surface area contributed by atoms with Crippen molar-refractivity contribution in [3.8, 4) is 0 Å². The molecule has 6 heteroatoms. The van der Waals surface area contributed by atoms with Gasteiger partial charge in [-0.15, -0.1) is 0 Å². The lowest BCUT2D eigenvalue weighted by Crippen LogP contribution is -2.40. The molecule has 0 spiro atoms. The largest absolute Gasteiger partial charge is 0.348 e. The number of ether oxygens (including phenoxy) is 6. The van der Waals surface area contributed by atoms with Gasteiger partial charge in [0.05, 0.1) is 13.2 Å². The molecule has 0 amide bonds. The van der Waals surface area contributed by atoms with Crippen LogP contribution in [0.2, 0.25) is 0 Å². The van der Waals surface area contributed by atoms with Gasteiger partial charge in [0.2, 0.25) is 0 Å². The molecule has 0 saturated carbocycles. The van der Waals surface area contributed by atoms with Crippen LogP contribution in [-0.4, -0.2) is 48.9 Å². The molecule has 0 bridgehead atoms. The van der Waals surface area contributed by atoms with Gasteiger partial charge in [-0.05, 0) is 33.3 Å². The summed E-state index contributed by atoms with van der Waals surface area (Å²) in [4.78, 5) is 0. The predicted octanol–water partition coefficient (Wildman–Crippen LogP) is 2.60. The van der Waals surface area contributed by atoms with E-state index in [0.717, 1.165) is 5.56 Å². The van der Waals surface area contributed by atoms with E-state index in [9.17, 15) is 0 Å². The van der Waals surface area contributed by atoms with E-state index in [1.165, 1.54) is 0 Å². The highest BCUT2D eigenvalue weighted by molar-refractivity contribution is 5.13. The zero-order valence-electron chi connectivity index (χ0n) is 15.1. The molecule has 5 atom stereocenters. The molecule has 3 saturated heterocycles. The van der Waals surface area contributed by atoms with Crippen LogP contribution in [-0.2, 0) is 35.0 Å². The van der Waals surface area contributed by atoms with Crippen LogP contribution in [0.25, 0.3) is 0 Å².